The first kappa shape index (κ1) is 17.0. The monoisotopic (exact) mass is 369 g/mol. The van der Waals surface area contributed by atoms with E-state index in [1.807, 2.05) is 12.1 Å². The molecule has 0 radical (unpaired) electrons. The Hall–Kier alpha value is -1.33. The van der Waals surface area contributed by atoms with Gasteiger partial charge in [-0.2, -0.15) is 0 Å². The molecule has 0 bridgehead atoms. The lowest BCUT2D eigenvalue weighted by Crippen LogP contribution is -2.05. The predicted molar refractivity (Wildman–Crippen MR) is 85.7 cm³/mol. The van der Waals surface area contributed by atoms with Gasteiger partial charge in [0.15, 0.2) is 0 Å². The Kier molecular flexibility index (Phi) is 6.46. The number of aliphatic hydroxyl groups excluding tert-OH is 1. The smallest absolute Gasteiger partial charge is 0.137 e. The molecule has 0 spiro atoms. The zero-order valence-corrected chi connectivity index (χ0v) is 13.7. The van der Waals surface area contributed by atoms with Gasteiger partial charge in [0, 0.05) is 24.9 Å². The van der Waals surface area contributed by atoms with Gasteiger partial charge in [-0.25, -0.2) is 8.78 Å². The molecule has 0 saturated carbocycles. The molecule has 2 nitrogen and oxygen atoms in total. The lowest BCUT2D eigenvalue weighted by Gasteiger charge is -2.19. The van der Waals surface area contributed by atoms with Crippen LogP contribution in [-0.2, 0) is 0 Å². The van der Waals surface area contributed by atoms with Crippen molar-refractivity contribution in [3.63, 3.8) is 0 Å². The van der Waals surface area contributed by atoms with Gasteiger partial charge in [0.2, 0.25) is 0 Å². The Balaban J connectivity index is 2.30. The van der Waals surface area contributed by atoms with Crippen molar-refractivity contribution in [3.05, 3.63) is 63.9 Å². The predicted octanol–water partition coefficient (Wildman–Crippen LogP) is 4.81. The van der Waals surface area contributed by atoms with Crippen LogP contribution in [0.5, 0.6) is 0 Å². The fourth-order valence-electron chi connectivity index (χ4n) is 2.54. The molecule has 1 unspecified atom stereocenters. The Morgan fingerprint density at radius 2 is 1.77 bits per heavy atom. The summed E-state index contributed by atoms with van der Waals surface area (Å²) in [5, 5.41) is 8.85. The summed E-state index contributed by atoms with van der Waals surface area (Å²) in [4.78, 5) is 3.98. The van der Waals surface area contributed by atoms with E-state index < -0.39 is 11.6 Å². The number of unbranched alkanes of at least 4 members (excludes halogenated alkanes) is 2. The Labute approximate surface area is 137 Å². The molecule has 0 saturated heterocycles. The van der Waals surface area contributed by atoms with Gasteiger partial charge < -0.3 is 5.11 Å². The number of halogens is 3. The highest BCUT2D eigenvalue weighted by molar-refractivity contribution is 9.10. The number of pyridine rings is 1. The lowest BCUT2D eigenvalue weighted by molar-refractivity contribution is 0.282. The third-order valence-electron chi connectivity index (χ3n) is 3.67. The van der Waals surface area contributed by atoms with Crippen LogP contribution in [0.15, 0.2) is 41.1 Å². The van der Waals surface area contributed by atoms with E-state index >= 15 is 0 Å². The second-order valence-electron chi connectivity index (χ2n) is 5.19. The molecule has 1 N–H and O–H groups in total. The van der Waals surface area contributed by atoms with E-state index in [-0.39, 0.29) is 17.0 Å². The number of aromatic nitrogens is 1. The maximum atomic E-state index is 14.3. The number of hydrogen-bond acceptors (Lipinski definition) is 2. The summed E-state index contributed by atoms with van der Waals surface area (Å²) in [5.74, 6) is -1.10. The van der Waals surface area contributed by atoms with Crippen molar-refractivity contribution in [1.82, 2.24) is 4.98 Å². The fraction of sp³-hybridized carbons (Fsp3) is 0.353. The first-order valence-corrected chi connectivity index (χ1v) is 8.08. The molecular weight excluding hydrogens is 352 g/mol. The minimum absolute atomic E-state index is 0.127. The molecule has 2 rings (SSSR count). The van der Waals surface area contributed by atoms with Gasteiger partial charge >= 0.3 is 0 Å². The number of aliphatic hydroxyl groups is 1. The standard InChI is InChI=1S/C17H18BrF2NO/c18-15-11-16(19)14(10-17(15)20)13(4-2-1-3-9-22)12-5-7-21-8-6-12/h5-8,10-11,13,22H,1-4,9H2. The molecule has 2 aromatic rings. The molecule has 0 aliphatic carbocycles. The fourth-order valence-corrected chi connectivity index (χ4v) is 2.85. The Bertz CT molecular complexity index is 607. The third kappa shape index (κ3) is 4.34. The van der Waals surface area contributed by atoms with Crippen LogP contribution in [0.4, 0.5) is 8.78 Å². The van der Waals surface area contributed by atoms with Crippen LogP contribution in [0.1, 0.15) is 42.7 Å². The molecule has 0 aliphatic heterocycles. The van der Waals surface area contributed by atoms with Crippen LogP contribution in [0.25, 0.3) is 0 Å². The summed E-state index contributed by atoms with van der Waals surface area (Å²) in [5.41, 5.74) is 1.27. The third-order valence-corrected chi connectivity index (χ3v) is 4.28. The van der Waals surface area contributed by atoms with Crippen molar-refractivity contribution in [2.45, 2.75) is 31.6 Å². The van der Waals surface area contributed by atoms with E-state index in [4.69, 9.17) is 5.11 Å². The first-order valence-electron chi connectivity index (χ1n) is 7.28. The molecule has 1 aromatic heterocycles. The zero-order chi connectivity index (χ0) is 15.9. The van der Waals surface area contributed by atoms with Crippen molar-refractivity contribution < 1.29 is 13.9 Å². The van der Waals surface area contributed by atoms with Gasteiger partial charge in [0.25, 0.3) is 0 Å². The summed E-state index contributed by atoms with van der Waals surface area (Å²) in [6, 6.07) is 6.09. The maximum Gasteiger partial charge on any atom is 0.137 e. The van der Waals surface area contributed by atoms with Gasteiger partial charge in [-0.3, -0.25) is 4.98 Å². The normalized spacial score (nSPS) is 12.4. The van der Waals surface area contributed by atoms with Crippen LogP contribution in [0.2, 0.25) is 0 Å². The van der Waals surface area contributed by atoms with Crippen LogP contribution in [0, 0.1) is 11.6 Å². The highest BCUT2D eigenvalue weighted by Gasteiger charge is 2.20. The molecule has 5 heteroatoms. The molecule has 118 valence electrons. The van der Waals surface area contributed by atoms with Crippen molar-refractivity contribution >= 4 is 15.9 Å². The van der Waals surface area contributed by atoms with Gasteiger partial charge in [-0.05, 0) is 64.2 Å². The van der Waals surface area contributed by atoms with Gasteiger partial charge in [0.1, 0.15) is 11.6 Å². The number of nitrogens with zero attached hydrogens (tertiary/aromatic N) is 1. The number of rotatable bonds is 7. The topological polar surface area (TPSA) is 33.1 Å². The van der Waals surface area contributed by atoms with Crippen molar-refractivity contribution in [2.75, 3.05) is 6.61 Å². The summed E-state index contributed by atoms with van der Waals surface area (Å²) < 4.78 is 28.2. The van der Waals surface area contributed by atoms with E-state index in [2.05, 4.69) is 20.9 Å². The van der Waals surface area contributed by atoms with Gasteiger partial charge in [-0.1, -0.05) is 12.8 Å². The van der Waals surface area contributed by atoms with E-state index in [9.17, 15) is 8.78 Å². The summed E-state index contributed by atoms with van der Waals surface area (Å²) >= 11 is 3.01. The minimum atomic E-state index is -0.467. The highest BCUT2D eigenvalue weighted by Crippen LogP contribution is 2.33. The first-order chi connectivity index (χ1) is 10.6. The lowest BCUT2D eigenvalue weighted by atomic mass is 9.87. The number of benzene rings is 1. The summed E-state index contributed by atoms with van der Waals surface area (Å²) in [6.07, 6.45) is 6.43. The second-order valence-corrected chi connectivity index (χ2v) is 6.05. The van der Waals surface area contributed by atoms with Gasteiger partial charge in [-0.15, -0.1) is 0 Å². The molecule has 1 atom stereocenters. The van der Waals surface area contributed by atoms with E-state index in [0.29, 0.717) is 12.0 Å². The highest BCUT2D eigenvalue weighted by atomic mass is 79.9. The summed E-state index contributed by atoms with van der Waals surface area (Å²) in [7, 11) is 0. The second kappa shape index (κ2) is 8.34. The average Bonchev–Trinajstić information content (AvgIpc) is 2.52. The Morgan fingerprint density at radius 1 is 1.05 bits per heavy atom. The molecule has 0 fully saturated rings. The largest absolute Gasteiger partial charge is 0.396 e. The Morgan fingerprint density at radius 3 is 2.45 bits per heavy atom. The summed E-state index contributed by atoms with van der Waals surface area (Å²) in [6.45, 7) is 0.154. The van der Waals surface area contributed by atoms with E-state index in [1.165, 1.54) is 12.1 Å². The van der Waals surface area contributed by atoms with Crippen molar-refractivity contribution in [1.29, 1.82) is 0 Å². The SMILES string of the molecule is OCCCCCC(c1ccncc1)c1cc(F)c(Br)cc1F. The molecule has 22 heavy (non-hydrogen) atoms. The van der Waals surface area contributed by atoms with Crippen LogP contribution in [-0.4, -0.2) is 16.7 Å². The molecule has 1 heterocycles. The van der Waals surface area contributed by atoms with Crippen LogP contribution < -0.4 is 0 Å². The zero-order valence-electron chi connectivity index (χ0n) is 12.1. The quantitative estimate of drug-likeness (QED) is 0.561. The van der Waals surface area contributed by atoms with E-state index in [0.717, 1.165) is 24.8 Å². The molecular formula is C17H18BrF2NO. The minimum Gasteiger partial charge on any atom is -0.396 e. The van der Waals surface area contributed by atoms with Crippen LogP contribution in [0.3, 0.4) is 0 Å². The maximum absolute atomic E-state index is 14.3. The van der Waals surface area contributed by atoms with Gasteiger partial charge in [0.05, 0.1) is 4.47 Å². The number of hydrogen-bond donors (Lipinski definition) is 1. The molecule has 0 aliphatic rings. The van der Waals surface area contributed by atoms with Crippen molar-refractivity contribution in [2.24, 2.45) is 0 Å². The van der Waals surface area contributed by atoms with E-state index in [1.54, 1.807) is 12.4 Å². The van der Waals surface area contributed by atoms with Crippen LogP contribution >= 0.6 is 15.9 Å². The van der Waals surface area contributed by atoms with Crippen molar-refractivity contribution in [3.8, 4) is 0 Å². The molecule has 0 amide bonds. The average molecular weight is 370 g/mol. The molecule has 1 aromatic carbocycles.